The second kappa shape index (κ2) is 7.35. The molecule has 0 fully saturated rings. The van der Waals surface area contributed by atoms with Gasteiger partial charge in [0, 0.05) is 21.2 Å². The summed E-state index contributed by atoms with van der Waals surface area (Å²) in [4.78, 5) is 16.9. The summed E-state index contributed by atoms with van der Waals surface area (Å²) in [5, 5.41) is 7.48. The van der Waals surface area contributed by atoms with E-state index in [9.17, 15) is 4.79 Å². The Morgan fingerprint density at radius 2 is 1.96 bits per heavy atom. The molecule has 1 N–H and O–H groups in total. The average Bonchev–Trinajstić information content (AvgIpc) is 2.92. The smallest absolute Gasteiger partial charge is 0.274 e. The molecule has 24 heavy (non-hydrogen) atoms. The molecule has 0 aliphatic heterocycles. The average molecular weight is 535 g/mol. The summed E-state index contributed by atoms with van der Waals surface area (Å²) in [7, 11) is 0. The molecular formula is C15H8Br3ClN4O. The van der Waals surface area contributed by atoms with Gasteiger partial charge >= 0.3 is 0 Å². The molecule has 1 aromatic carbocycles. The van der Waals surface area contributed by atoms with E-state index in [1.54, 1.807) is 30.5 Å². The van der Waals surface area contributed by atoms with Gasteiger partial charge in [0.1, 0.15) is 10.3 Å². The number of amides is 1. The number of nitrogens with zero attached hydrogens (tertiary/aromatic N) is 3. The quantitative estimate of drug-likeness (QED) is 0.485. The molecule has 0 saturated heterocycles. The van der Waals surface area contributed by atoms with Crippen molar-refractivity contribution in [1.29, 1.82) is 0 Å². The molecule has 0 spiro atoms. The van der Waals surface area contributed by atoms with Gasteiger partial charge in [0.05, 0.1) is 10.7 Å². The van der Waals surface area contributed by atoms with E-state index in [0.29, 0.717) is 26.8 Å². The van der Waals surface area contributed by atoms with E-state index in [4.69, 9.17) is 11.6 Å². The maximum Gasteiger partial charge on any atom is 0.274 e. The second-order valence-corrected chi connectivity index (χ2v) is 7.64. The highest BCUT2D eigenvalue weighted by Crippen LogP contribution is 2.27. The van der Waals surface area contributed by atoms with Crippen molar-refractivity contribution in [1.82, 2.24) is 14.8 Å². The zero-order chi connectivity index (χ0) is 17.3. The van der Waals surface area contributed by atoms with E-state index < -0.39 is 0 Å². The Hall–Kier alpha value is -1.22. The van der Waals surface area contributed by atoms with Crippen molar-refractivity contribution in [2.75, 3.05) is 5.32 Å². The lowest BCUT2D eigenvalue weighted by Gasteiger charge is -2.10. The highest BCUT2D eigenvalue weighted by molar-refractivity contribution is 9.11. The zero-order valence-electron chi connectivity index (χ0n) is 11.8. The molecule has 1 amide bonds. The Balaban J connectivity index is 1.98. The van der Waals surface area contributed by atoms with E-state index in [-0.39, 0.29) is 5.91 Å². The number of pyridine rings is 1. The fourth-order valence-corrected chi connectivity index (χ4v) is 3.71. The van der Waals surface area contributed by atoms with Crippen LogP contribution in [0.2, 0.25) is 5.02 Å². The van der Waals surface area contributed by atoms with Crippen molar-refractivity contribution in [3.8, 4) is 5.82 Å². The van der Waals surface area contributed by atoms with Crippen LogP contribution in [0.4, 0.5) is 5.69 Å². The molecule has 0 radical (unpaired) electrons. The molecule has 2 heterocycles. The van der Waals surface area contributed by atoms with Gasteiger partial charge in [-0.1, -0.05) is 27.5 Å². The largest absolute Gasteiger partial charge is 0.320 e. The number of benzene rings is 1. The molecule has 2 aromatic heterocycles. The summed E-state index contributed by atoms with van der Waals surface area (Å²) in [5.41, 5.74) is 0.941. The van der Waals surface area contributed by atoms with Gasteiger partial charge in [-0.3, -0.25) is 4.79 Å². The second-order valence-electron chi connectivity index (χ2n) is 4.65. The number of rotatable bonds is 3. The van der Waals surface area contributed by atoms with Crippen molar-refractivity contribution >= 4 is 71.0 Å². The lowest BCUT2D eigenvalue weighted by atomic mass is 10.3. The number of hydrogen-bond donors (Lipinski definition) is 1. The third kappa shape index (κ3) is 3.72. The molecule has 0 unspecified atom stereocenters. The van der Waals surface area contributed by atoms with Gasteiger partial charge in [-0.25, -0.2) is 9.67 Å². The first kappa shape index (κ1) is 17.6. The van der Waals surface area contributed by atoms with Crippen LogP contribution in [0.15, 0.2) is 56.1 Å². The molecule has 3 rings (SSSR count). The molecule has 122 valence electrons. The molecule has 9 heteroatoms. The van der Waals surface area contributed by atoms with Crippen LogP contribution in [0.25, 0.3) is 5.82 Å². The Morgan fingerprint density at radius 3 is 2.67 bits per heavy atom. The first-order valence-electron chi connectivity index (χ1n) is 6.58. The van der Waals surface area contributed by atoms with E-state index in [2.05, 4.69) is 63.2 Å². The lowest BCUT2D eigenvalue weighted by Crippen LogP contribution is -2.18. The maximum atomic E-state index is 12.7. The van der Waals surface area contributed by atoms with Crippen LogP contribution in [-0.2, 0) is 0 Å². The van der Waals surface area contributed by atoms with Crippen molar-refractivity contribution < 1.29 is 4.79 Å². The SMILES string of the molecule is O=C(Nc1ccc(Br)cc1Br)c1cc(Br)nn1-c1ncccc1Cl. The van der Waals surface area contributed by atoms with E-state index >= 15 is 0 Å². The number of hydrogen-bond acceptors (Lipinski definition) is 3. The van der Waals surface area contributed by atoms with Crippen LogP contribution in [0.5, 0.6) is 0 Å². The Morgan fingerprint density at radius 1 is 1.17 bits per heavy atom. The van der Waals surface area contributed by atoms with Crippen LogP contribution >= 0.6 is 59.4 Å². The van der Waals surface area contributed by atoms with Crippen LogP contribution in [0, 0.1) is 0 Å². The van der Waals surface area contributed by atoms with E-state index in [1.807, 2.05) is 12.1 Å². The predicted molar refractivity (Wildman–Crippen MR) is 104 cm³/mol. The van der Waals surface area contributed by atoms with Gasteiger partial charge in [0.25, 0.3) is 5.91 Å². The summed E-state index contributed by atoms with van der Waals surface area (Å²) < 4.78 is 3.56. The minimum atomic E-state index is -0.335. The number of nitrogens with one attached hydrogen (secondary N) is 1. The normalized spacial score (nSPS) is 10.7. The van der Waals surface area contributed by atoms with Crippen LogP contribution in [-0.4, -0.2) is 20.7 Å². The summed E-state index contributed by atoms with van der Waals surface area (Å²) in [6, 6.07) is 10.5. The first-order chi connectivity index (χ1) is 11.5. The highest BCUT2D eigenvalue weighted by atomic mass is 79.9. The van der Waals surface area contributed by atoms with Crippen LogP contribution < -0.4 is 5.32 Å². The number of halogens is 4. The number of carbonyl (C=O) groups is 1. The first-order valence-corrected chi connectivity index (χ1v) is 9.34. The van der Waals surface area contributed by atoms with Gasteiger partial charge < -0.3 is 5.32 Å². The maximum absolute atomic E-state index is 12.7. The van der Waals surface area contributed by atoms with Gasteiger partial charge in [0.15, 0.2) is 5.82 Å². The molecule has 0 saturated carbocycles. The molecular weight excluding hydrogens is 527 g/mol. The number of aromatic nitrogens is 3. The topological polar surface area (TPSA) is 59.8 Å². The number of anilines is 1. The van der Waals surface area contributed by atoms with Crippen molar-refractivity contribution in [2.45, 2.75) is 0 Å². The monoisotopic (exact) mass is 532 g/mol. The van der Waals surface area contributed by atoms with Gasteiger partial charge in [0.2, 0.25) is 0 Å². The van der Waals surface area contributed by atoms with Gasteiger partial charge in [-0.15, -0.1) is 0 Å². The summed E-state index contributed by atoms with van der Waals surface area (Å²) in [6.07, 6.45) is 1.59. The molecule has 5 nitrogen and oxygen atoms in total. The van der Waals surface area contributed by atoms with Gasteiger partial charge in [-0.2, -0.15) is 5.10 Å². The van der Waals surface area contributed by atoms with Gasteiger partial charge in [-0.05, 0) is 62.2 Å². The fraction of sp³-hybridized carbons (Fsp3) is 0. The minimum Gasteiger partial charge on any atom is -0.320 e. The van der Waals surface area contributed by atoms with E-state index in [1.165, 1.54) is 4.68 Å². The van der Waals surface area contributed by atoms with Crippen LogP contribution in [0.1, 0.15) is 10.5 Å². The fourth-order valence-electron chi connectivity index (χ4n) is 1.99. The Labute approximate surface area is 167 Å². The molecule has 3 aromatic rings. The summed E-state index contributed by atoms with van der Waals surface area (Å²) in [5.74, 6) is 0.0443. The number of carbonyl (C=O) groups excluding carboxylic acids is 1. The van der Waals surface area contributed by atoms with Crippen LogP contribution in [0.3, 0.4) is 0 Å². The Kier molecular flexibility index (Phi) is 5.39. The summed E-state index contributed by atoms with van der Waals surface area (Å²) >= 11 is 16.2. The molecule has 0 aliphatic carbocycles. The zero-order valence-corrected chi connectivity index (χ0v) is 17.3. The highest BCUT2D eigenvalue weighted by Gasteiger charge is 2.19. The molecule has 0 atom stereocenters. The van der Waals surface area contributed by atoms with Crippen molar-refractivity contribution in [3.63, 3.8) is 0 Å². The van der Waals surface area contributed by atoms with Crippen molar-refractivity contribution in [2.24, 2.45) is 0 Å². The minimum absolute atomic E-state index is 0.303. The van der Waals surface area contributed by atoms with E-state index in [0.717, 1.165) is 8.95 Å². The third-order valence-electron chi connectivity index (χ3n) is 3.03. The Bertz CT molecular complexity index is 929. The third-order valence-corrected chi connectivity index (χ3v) is 4.86. The lowest BCUT2D eigenvalue weighted by molar-refractivity contribution is 0.101. The summed E-state index contributed by atoms with van der Waals surface area (Å²) in [6.45, 7) is 0. The standard InChI is InChI=1S/C15H8Br3ClN4O/c16-8-3-4-11(9(17)6-8)21-15(24)12-7-13(18)22-23(12)14-10(19)2-1-5-20-14/h1-7H,(H,21,24). The predicted octanol–water partition coefficient (Wildman–Crippen LogP) is 5.46. The molecule has 0 bridgehead atoms. The van der Waals surface area contributed by atoms with Crippen molar-refractivity contribution in [3.05, 3.63) is 66.9 Å². The molecule has 0 aliphatic rings.